The summed E-state index contributed by atoms with van der Waals surface area (Å²) in [5.74, 6) is 0.551. The van der Waals surface area contributed by atoms with Gasteiger partial charge in [-0.3, -0.25) is 4.98 Å². The largest absolute Gasteiger partial charge is 0.456 e. The Labute approximate surface area is 91.3 Å². The number of hydrogen-bond acceptors (Lipinski definition) is 2. The highest BCUT2D eigenvalue weighted by Crippen LogP contribution is 2.23. The Morgan fingerprint density at radius 3 is 2.73 bits per heavy atom. The molecule has 0 unspecified atom stereocenters. The minimum absolute atomic E-state index is 0.345. The van der Waals surface area contributed by atoms with Crippen molar-refractivity contribution in [1.82, 2.24) is 4.98 Å². The van der Waals surface area contributed by atoms with Crippen LogP contribution in [0.1, 0.15) is 0 Å². The molecule has 1 heterocycles. The first-order valence-electron chi connectivity index (χ1n) is 4.28. The highest BCUT2D eigenvalue weighted by atomic mass is 35.5. The molecule has 76 valence electrons. The van der Waals surface area contributed by atoms with Crippen molar-refractivity contribution >= 4 is 11.6 Å². The van der Waals surface area contributed by atoms with Gasteiger partial charge < -0.3 is 4.74 Å². The van der Waals surface area contributed by atoms with E-state index in [1.165, 1.54) is 24.5 Å². The minimum atomic E-state index is -0.345. The number of rotatable bonds is 2. The molecule has 0 fully saturated rings. The molecular weight excluding hydrogens is 217 g/mol. The van der Waals surface area contributed by atoms with Crippen LogP contribution in [0.25, 0.3) is 0 Å². The SMILES string of the molecule is Fc1cccc(Oc2cncc(Cl)c2)c1. The summed E-state index contributed by atoms with van der Waals surface area (Å²) in [6.07, 6.45) is 3.01. The van der Waals surface area contributed by atoms with Crippen LogP contribution in [0.4, 0.5) is 4.39 Å². The van der Waals surface area contributed by atoms with Gasteiger partial charge in [-0.25, -0.2) is 4.39 Å². The maximum atomic E-state index is 12.8. The summed E-state index contributed by atoms with van der Waals surface area (Å²) >= 11 is 5.73. The van der Waals surface area contributed by atoms with Crippen molar-refractivity contribution in [2.45, 2.75) is 0 Å². The van der Waals surface area contributed by atoms with Crippen molar-refractivity contribution in [2.75, 3.05) is 0 Å². The van der Waals surface area contributed by atoms with Crippen molar-refractivity contribution in [3.63, 3.8) is 0 Å². The molecule has 1 aromatic carbocycles. The van der Waals surface area contributed by atoms with E-state index in [0.717, 1.165) is 0 Å². The summed E-state index contributed by atoms with van der Waals surface area (Å²) in [5, 5.41) is 0.476. The van der Waals surface area contributed by atoms with E-state index in [2.05, 4.69) is 4.98 Å². The fourth-order valence-electron chi connectivity index (χ4n) is 1.11. The van der Waals surface area contributed by atoms with Crippen LogP contribution in [0.5, 0.6) is 11.5 Å². The van der Waals surface area contributed by atoms with Gasteiger partial charge in [-0.2, -0.15) is 0 Å². The molecule has 0 aliphatic heterocycles. The van der Waals surface area contributed by atoms with Crippen LogP contribution < -0.4 is 4.74 Å². The van der Waals surface area contributed by atoms with E-state index >= 15 is 0 Å². The minimum Gasteiger partial charge on any atom is -0.456 e. The molecule has 0 atom stereocenters. The molecule has 4 heteroatoms. The van der Waals surface area contributed by atoms with Gasteiger partial charge in [0, 0.05) is 18.3 Å². The van der Waals surface area contributed by atoms with E-state index in [9.17, 15) is 4.39 Å². The van der Waals surface area contributed by atoms with Gasteiger partial charge in [0.25, 0.3) is 0 Å². The van der Waals surface area contributed by atoms with E-state index in [4.69, 9.17) is 16.3 Å². The number of nitrogens with zero attached hydrogens (tertiary/aromatic N) is 1. The molecule has 0 aliphatic carbocycles. The average molecular weight is 224 g/mol. The molecule has 2 rings (SSSR count). The lowest BCUT2D eigenvalue weighted by Gasteiger charge is -2.04. The highest BCUT2D eigenvalue weighted by Gasteiger charge is 1.99. The van der Waals surface area contributed by atoms with Crippen molar-refractivity contribution in [1.29, 1.82) is 0 Å². The average Bonchev–Trinajstić information content (AvgIpc) is 2.17. The van der Waals surface area contributed by atoms with Gasteiger partial charge in [0.15, 0.2) is 0 Å². The van der Waals surface area contributed by atoms with Gasteiger partial charge in [-0.1, -0.05) is 17.7 Å². The normalized spacial score (nSPS) is 10.0. The first kappa shape index (κ1) is 9.93. The number of halogens is 2. The molecule has 0 N–H and O–H groups in total. The van der Waals surface area contributed by atoms with Crippen LogP contribution in [-0.4, -0.2) is 4.98 Å². The van der Waals surface area contributed by atoms with Crippen molar-refractivity contribution in [2.24, 2.45) is 0 Å². The molecule has 2 nitrogen and oxygen atoms in total. The maximum Gasteiger partial charge on any atom is 0.147 e. The van der Waals surface area contributed by atoms with E-state index in [-0.39, 0.29) is 5.82 Å². The zero-order valence-electron chi connectivity index (χ0n) is 7.65. The number of pyridine rings is 1. The summed E-state index contributed by atoms with van der Waals surface area (Å²) in [6, 6.07) is 7.48. The summed E-state index contributed by atoms with van der Waals surface area (Å²) < 4.78 is 18.2. The van der Waals surface area contributed by atoms with Gasteiger partial charge >= 0.3 is 0 Å². The third-order valence-corrected chi connectivity index (χ3v) is 1.92. The second-order valence-corrected chi connectivity index (χ2v) is 3.33. The lowest BCUT2D eigenvalue weighted by atomic mass is 10.3. The van der Waals surface area contributed by atoms with Gasteiger partial charge in [-0.15, -0.1) is 0 Å². The predicted octanol–water partition coefficient (Wildman–Crippen LogP) is 3.67. The van der Waals surface area contributed by atoms with Gasteiger partial charge in [-0.05, 0) is 12.1 Å². The van der Waals surface area contributed by atoms with Gasteiger partial charge in [0.1, 0.15) is 17.3 Å². The standard InChI is InChI=1S/C11H7ClFNO/c12-8-4-11(7-14-6-8)15-10-3-1-2-9(13)5-10/h1-7H. The molecule has 0 bridgehead atoms. The van der Waals surface area contributed by atoms with Crippen molar-refractivity contribution in [3.8, 4) is 11.5 Å². The Kier molecular flexibility index (Phi) is 2.83. The van der Waals surface area contributed by atoms with Crippen LogP contribution in [0, 0.1) is 5.82 Å². The number of ether oxygens (including phenoxy) is 1. The third kappa shape index (κ3) is 2.67. The maximum absolute atomic E-state index is 12.8. The Hall–Kier alpha value is -1.61. The lowest BCUT2D eigenvalue weighted by Crippen LogP contribution is -1.85. The molecule has 0 saturated heterocycles. The van der Waals surface area contributed by atoms with Crippen LogP contribution in [-0.2, 0) is 0 Å². The molecule has 0 saturated carbocycles. The smallest absolute Gasteiger partial charge is 0.147 e. The molecule has 0 spiro atoms. The molecule has 15 heavy (non-hydrogen) atoms. The van der Waals surface area contributed by atoms with Crippen LogP contribution in [0.2, 0.25) is 5.02 Å². The third-order valence-electron chi connectivity index (χ3n) is 1.71. The Morgan fingerprint density at radius 2 is 2.00 bits per heavy atom. The summed E-state index contributed by atoms with van der Waals surface area (Å²) in [4.78, 5) is 3.85. The monoisotopic (exact) mass is 223 g/mol. The van der Waals surface area contributed by atoms with Crippen LogP contribution in [0.15, 0.2) is 42.7 Å². The van der Waals surface area contributed by atoms with Crippen molar-refractivity contribution in [3.05, 3.63) is 53.6 Å². The number of aromatic nitrogens is 1. The second kappa shape index (κ2) is 4.28. The second-order valence-electron chi connectivity index (χ2n) is 2.90. The molecule has 0 aliphatic rings. The first-order chi connectivity index (χ1) is 7.24. The van der Waals surface area contributed by atoms with Crippen molar-refractivity contribution < 1.29 is 9.13 Å². The number of benzene rings is 1. The Bertz CT molecular complexity index is 432. The number of hydrogen-bond donors (Lipinski definition) is 0. The fraction of sp³-hybridized carbons (Fsp3) is 0. The van der Waals surface area contributed by atoms with Gasteiger partial charge in [0.2, 0.25) is 0 Å². The Balaban J connectivity index is 2.22. The Morgan fingerprint density at radius 1 is 1.13 bits per heavy atom. The fourth-order valence-corrected chi connectivity index (χ4v) is 1.28. The topological polar surface area (TPSA) is 22.1 Å². The molecular formula is C11H7ClFNO. The molecule has 0 radical (unpaired) electrons. The van der Waals surface area contributed by atoms with E-state index in [0.29, 0.717) is 16.5 Å². The van der Waals surface area contributed by atoms with E-state index in [1.54, 1.807) is 18.2 Å². The van der Waals surface area contributed by atoms with E-state index < -0.39 is 0 Å². The predicted molar refractivity (Wildman–Crippen MR) is 55.7 cm³/mol. The van der Waals surface area contributed by atoms with Gasteiger partial charge in [0.05, 0.1) is 11.2 Å². The molecule has 1 aromatic heterocycles. The lowest BCUT2D eigenvalue weighted by molar-refractivity contribution is 0.474. The van der Waals surface area contributed by atoms with Crippen LogP contribution >= 0.6 is 11.6 Å². The van der Waals surface area contributed by atoms with Crippen LogP contribution in [0.3, 0.4) is 0 Å². The molecule has 2 aromatic rings. The highest BCUT2D eigenvalue weighted by molar-refractivity contribution is 6.30. The first-order valence-corrected chi connectivity index (χ1v) is 4.66. The molecule has 0 amide bonds. The zero-order valence-corrected chi connectivity index (χ0v) is 8.41. The zero-order chi connectivity index (χ0) is 10.7. The summed E-state index contributed by atoms with van der Waals surface area (Å²) in [6.45, 7) is 0. The summed E-state index contributed by atoms with van der Waals surface area (Å²) in [7, 11) is 0. The summed E-state index contributed by atoms with van der Waals surface area (Å²) in [5.41, 5.74) is 0. The van der Waals surface area contributed by atoms with E-state index in [1.807, 2.05) is 0 Å². The quantitative estimate of drug-likeness (QED) is 0.775.